The van der Waals surface area contributed by atoms with E-state index in [-0.39, 0.29) is 11.5 Å². The van der Waals surface area contributed by atoms with Crippen molar-refractivity contribution in [1.82, 2.24) is 9.78 Å². The third kappa shape index (κ3) is 4.17. The Balaban J connectivity index is 1.68. The van der Waals surface area contributed by atoms with Gasteiger partial charge in [0.05, 0.1) is 11.4 Å². The zero-order valence-electron chi connectivity index (χ0n) is 15.4. The fourth-order valence-electron chi connectivity index (χ4n) is 3.53. The Morgan fingerprint density at radius 2 is 1.79 bits per heavy atom. The summed E-state index contributed by atoms with van der Waals surface area (Å²) in [6.07, 6.45) is 3.41. The Kier molecular flexibility index (Phi) is 5.62. The van der Waals surface area contributed by atoms with E-state index in [4.69, 9.17) is 0 Å². The van der Waals surface area contributed by atoms with Gasteiger partial charge >= 0.3 is 0 Å². The van der Waals surface area contributed by atoms with Crippen LogP contribution in [0.5, 0.6) is 0 Å². The largest absolute Gasteiger partial charge is 0.320 e. The maximum Gasteiger partial charge on any atom is 0.288 e. The standard InChI is InChI=1S/C21H18F3N3OS/c22-13-9-11-14(12-10-13)27-17-7-3-1-5-15(17)19(26-27)20(28)25-16-6-2-4-8-18(16)29-21(23)24/h2,4,6,8-12,21H,1,3,5,7H2,(H,25,28). The first-order chi connectivity index (χ1) is 14.0. The molecule has 1 heterocycles. The van der Waals surface area contributed by atoms with E-state index in [1.54, 1.807) is 41.1 Å². The Morgan fingerprint density at radius 3 is 2.55 bits per heavy atom. The predicted octanol–water partition coefficient (Wildman–Crippen LogP) is 5.46. The molecule has 0 unspecified atom stereocenters. The molecule has 1 amide bonds. The lowest BCUT2D eigenvalue weighted by Gasteiger charge is -2.14. The highest BCUT2D eigenvalue weighted by molar-refractivity contribution is 7.99. The van der Waals surface area contributed by atoms with Crippen molar-refractivity contribution in [3.8, 4) is 5.69 Å². The van der Waals surface area contributed by atoms with Gasteiger partial charge in [0.2, 0.25) is 0 Å². The number of aromatic nitrogens is 2. The Labute approximate surface area is 170 Å². The van der Waals surface area contributed by atoms with Crippen LogP contribution in [-0.2, 0) is 12.8 Å². The quantitative estimate of drug-likeness (QED) is 0.561. The molecular weight excluding hydrogens is 399 g/mol. The molecular formula is C21H18F3N3OS. The molecule has 3 aromatic rings. The lowest BCUT2D eigenvalue weighted by Crippen LogP contribution is -2.16. The average molecular weight is 417 g/mol. The number of amides is 1. The molecule has 1 aliphatic rings. The molecule has 0 spiro atoms. The van der Waals surface area contributed by atoms with Crippen molar-refractivity contribution in [3.63, 3.8) is 0 Å². The number of thioether (sulfide) groups is 1. The van der Waals surface area contributed by atoms with Crippen LogP contribution in [0.15, 0.2) is 53.4 Å². The van der Waals surface area contributed by atoms with Gasteiger partial charge in [-0.25, -0.2) is 9.07 Å². The van der Waals surface area contributed by atoms with Crippen LogP contribution in [0.4, 0.5) is 18.9 Å². The summed E-state index contributed by atoms with van der Waals surface area (Å²) in [6, 6.07) is 12.4. The van der Waals surface area contributed by atoms with Crippen molar-refractivity contribution >= 4 is 23.4 Å². The van der Waals surface area contributed by atoms with Gasteiger partial charge in [0.15, 0.2) is 5.69 Å². The van der Waals surface area contributed by atoms with E-state index in [0.29, 0.717) is 34.5 Å². The van der Waals surface area contributed by atoms with Gasteiger partial charge in [-0.3, -0.25) is 4.79 Å². The second-order valence-corrected chi connectivity index (χ2v) is 7.73. The lowest BCUT2D eigenvalue weighted by atomic mass is 9.95. The second kappa shape index (κ2) is 8.32. The second-order valence-electron chi connectivity index (χ2n) is 6.70. The molecule has 0 saturated carbocycles. The SMILES string of the molecule is O=C(Nc1ccccc1SC(F)F)c1nn(-c2ccc(F)cc2)c2c1CCCC2. The molecule has 1 N–H and O–H groups in total. The first-order valence-electron chi connectivity index (χ1n) is 9.25. The fourth-order valence-corrected chi connectivity index (χ4v) is 4.12. The third-order valence-corrected chi connectivity index (χ3v) is 5.61. The number of carbonyl (C=O) groups is 1. The van der Waals surface area contributed by atoms with Crippen molar-refractivity contribution in [3.05, 3.63) is 71.3 Å². The Hall–Kier alpha value is -2.74. The fraction of sp³-hybridized carbons (Fsp3) is 0.238. The summed E-state index contributed by atoms with van der Waals surface area (Å²) in [5, 5.41) is 7.23. The van der Waals surface area contributed by atoms with Gasteiger partial charge in [-0.15, -0.1) is 0 Å². The van der Waals surface area contributed by atoms with Crippen molar-refractivity contribution < 1.29 is 18.0 Å². The molecule has 0 fully saturated rings. The molecule has 150 valence electrons. The van der Waals surface area contributed by atoms with E-state index in [0.717, 1.165) is 30.5 Å². The Bertz CT molecular complexity index is 1030. The number of para-hydroxylation sites is 1. The summed E-state index contributed by atoms with van der Waals surface area (Å²) < 4.78 is 40.6. The maximum atomic E-state index is 13.3. The Morgan fingerprint density at radius 1 is 1.07 bits per heavy atom. The molecule has 0 saturated heterocycles. The molecule has 1 aromatic heterocycles. The van der Waals surface area contributed by atoms with Crippen molar-refractivity contribution in [2.24, 2.45) is 0 Å². The van der Waals surface area contributed by atoms with Crippen LogP contribution in [0.2, 0.25) is 0 Å². The minimum Gasteiger partial charge on any atom is -0.320 e. The highest BCUT2D eigenvalue weighted by Gasteiger charge is 2.26. The van der Waals surface area contributed by atoms with Crippen molar-refractivity contribution in [2.75, 3.05) is 5.32 Å². The number of halogens is 3. The molecule has 4 rings (SSSR count). The number of hydrogen-bond donors (Lipinski definition) is 1. The van der Waals surface area contributed by atoms with Crippen LogP contribution in [-0.4, -0.2) is 21.4 Å². The monoisotopic (exact) mass is 417 g/mol. The number of nitrogens with one attached hydrogen (secondary N) is 1. The molecule has 0 atom stereocenters. The van der Waals surface area contributed by atoms with Crippen LogP contribution in [0, 0.1) is 5.82 Å². The predicted molar refractivity (Wildman–Crippen MR) is 106 cm³/mol. The van der Waals surface area contributed by atoms with Crippen LogP contribution in [0.25, 0.3) is 5.69 Å². The van der Waals surface area contributed by atoms with Crippen LogP contribution < -0.4 is 5.32 Å². The summed E-state index contributed by atoms with van der Waals surface area (Å²) in [4.78, 5) is 13.3. The molecule has 29 heavy (non-hydrogen) atoms. The topological polar surface area (TPSA) is 46.9 Å². The zero-order valence-corrected chi connectivity index (χ0v) is 16.2. The van der Waals surface area contributed by atoms with E-state index >= 15 is 0 Å². The van der Waals surface area contributed by atoms with Crippen LogP contribution >= 0.6 is 11.8 Å². The minimum atomic E-state index is -2.58. The van der Waals surface area contributed by atoms with E-state index in [1.165, 1.54) is 12.1 Å². The summed E-state index contributed by atoms with van der Waals surface area (Å²) in [5.74, 6) is -3.37. The number of hydrogen-bond acceptors (Lipinski definition) is 3. The smallest absolute Gasteiger partial charge is 0.288 e. The zero-order chi connectivity index (χ0) is 20.4. The van der Waals surface area contributed by atoms with E-state index in [1.807, 2.05) is 0 Å². The number of carbonyl (C=O) groups excluding carboxylic acids is 1. The first-order valence-corrected chi connectivity index (χ1v) is 10.1. The summed E-state index contributed by atoms with van der Waals surface area (Å²) in [5.41, 5.74) is 3.07. The molecule has 4 nitrogen and oxygen atoms in total. The van der Waals surface area contributed by atoms with E-state index in [2.05, 4.69) is 10.4 Å². The van der Waals surface area contributed by atoms with Crippen LogP contribution in [0.3, 0.4) is 0 Å². The number of anilines is 1. The summed E-state index contributed by atoms with van der Waals surface area (Å²) >= 11 is 0.385. The van der Waals surface area contributed by atoms with Gasteiger partial charge in [-0.1, -0.05) is 23.9 Å². The van der Waals surface area contributed by atoms with Gasteiger partial charge in [0, 0.05) is 16.2 Å². The molecule has 1 aliphatic carbocycles. The number of alkyl halides is 2. The number of fused-ring (bicyclic) bond motifs is 1. The number of benzene rings is 2. The van der Waals surface area contributed by atoms with E-state index in [9.17, 15) is 18.0 Å². The third-order valence-electron chi connectivity index (χ3n) is 4.82. The summed E-state index contributed by atoms with van der Waals surface area (Å²) in [6.45, 7) is 0. The number of nitrogens with zero attached hydrogens (tertiary/aromatic N) is 2. The molecule has 0 bridgehead atoms. The number of rotatable bonds is 5. The van der Waals surface area contributed by atoms with Crippen molar-refractivity contribution in [2.45, 2.75) is 36.3 Å². The van der Waals surface area contributed by atoms with Gasteiger partial charge in [-0.2, -0.15) is 13.9 Å². The molecule has 2 aromatic carbocycles. The van der Waals surface area contributed by atoms with Gasteiger partial charge in [-0.05, 0) is 62.1 Å². The first kappa shape index (κ1) is 19.6. The highest BCUT2D eigenvalue weighted by atomic mass is 32.2. The molecule has 0 radical (unpaired) electrons. The average Bonchev–Trinajstić information content (AvgIpc) is 3.10. The van der Waals surface area contributed by atoms with E-state index < -0.39 is 11.7 Å². The lowest BCUT2D eigenvalue weighted by molar-refractivity contribution is 0.102. The van der Waals surface area contributed by atoms with Crippen molar-refractivity contribution in [1.29, 1.82) is 0 Å². The van der Waals surface area contributed by atoms with Crippen LogP contribution in [0.1, 0.15) is 34.6 Å². The van der Waals surface area contributed by atoms with Gasteiger partial charge < -0.3 is 5.32 Å². The normalized spacial score (nSPS) is 13.4. The van der Waals surface area contributed by atoms with Gasteiger partial charge in [0.1, 0.15) is 5.82 Å². The highest BCUT2D eigenvalue weighted by Crippen LogP contribution is 2.33. The van der Waals surface area contributed by atoms with Gasteiger partial charge in [0.25, 0.3) is 11.7 Å². The maximum absolute atomic E-state index is 13.3. The summed E-state index contributed by atoms with van der Waals surface area (Å²) in [7, 11) is 0. The minimum absolute atomic E-state index is 0.279. The molecule has 0 aliphatic heterocycles. The molecule has 8 heteroatoms.